The number of hydrogen-bond donors (Lipinski definition) is 2. The maximum absolute atomic E-state index is 9.06. The van der Waals surface area contributed by atoms with Crippen molar-refractivity contribution in [2.45, 2.75) is 44.8 Å². The van der Waals surface area contributed by atoms with Gasteiger partial charge in [0.2, 0.25) is 0 Å². The number of morpholine rings is 1. The SMILES string of the molecule is CC1COC(CO)CN1CCCCCCO. The number of unbranched alkanes of at least 4 members (excludes halogenated alkanes) is 3. The van der Waals surface area contributed by atoms with Crippen molar-refractivity contribution >= 4 is 0 Å². The summed E-state index contributed by atoms with van der Waals surface area (Å²) in [6, 6.07) is 0.459. The van der Waals surface area contributed by atoms with E-state index in [2.05, 4.69) is 11.8 Å². The summed E-state index contributed by atoms with van der Waals surface area (Å²) in [5, 5.41) is 17.7. The monoisotopic (exact) mass is 231 g/mol. The molecule has 0 amide bonds. The van der Waals surface area contributed by atoms with Crippen molar-refractivity contribution in [2.75, 3.05) is 32.9 Å². The Morgan fingerprint density at radius 3 is 2.62 bits per heavy atom. The van der Waals surface area contributed by atoms with Crippen molar-refractivity contribution in [3.8, 4) is 0 Å². The van der Waals surface area contributed by atoms with E-state index in [0.717, 1.165) is 32.5 Å². The number of ether oxygens (including phenoxy) is 1. The quantitative estimate of drug-likeness (QED) is 0.631. The Morgan fingerprint density at radius 1 is 1.19 bits per heavy atom. The van der Waals surface area contributed by atoms with Gasteiger partial charge in [0.1, 0.15) is 0 Å². The van der Waals surface area contributed by atoms with Crippen LogP contribution in [0.4, 0.5) is 0 Å². The van der Waals surface area contributed by atoms with E-state index in [4.69, 9.17) is 14.9 Å². The van der Waals surface area contributed by atoms with E-state index < -0.39 is 0 Å². The minimum atomic E-state index is -0.00589. The molecule has 4 nitrogen and oxygen atoms in total. The second-order valence-electron chi connectivity index (χ2n) is 4.62. The first-order valence-corrected chi connectivity index (χ1v) is 6.35. The molecule has 1 heterocycles. The molecule has 0 aromatic rings. The summed E-state index contributed by atoms with van der Waals surface area (Å²) in [7, 11) is 0. The minimum Gasteiger partial charge on any atom is -0.396 e. The van der Waals surface area contributed by atoms with Gasteiger partial charge in [-0.3, -0.25) is 4.90 Å². The Hall–Kier alpha value is -0.160. The molecule has 0 radical (unpaired) electrons. The van der Waals surface area contributed by atoms with E-state index in [0.29, 0.717) is 12.6 Å². The van der Waals surface area contributed by atoms with Crippen LogP contribution in [0.15, 0.2) is 0 Å². The average molecular weight is 231 g/mol. The first-order chi connectivity index (χ1) is 7.77. The smallest absolute Gasteiger partial charge is 0.0933 e. The van der Waals surface area contributed by atoms with Gasteiger partial charge in [0, 0.05) is 19.2 Å². The molecule has 0 aliphatic carbocycles. The van der Waals surface area contributed by atoms with E-state index >= 15 is 0 Å². The fourth-order valence-corrected chi connectivity index (χ4v) is 2.08. The standard InChI is InChI=1S/C12H25NO3/c1-11-10-16-12(9-15)8-13(11)6-4-2-3-5-7-14/h11-12,14-15H,2-10H2,1H3. The van der Waals surface area contributed by atoms with Gasteiger partial charge >= 0.3 is 0 Å². The van der Waals surface area contributed by atoms with Gasteiger partial charge in [-0.05, 0) is 26.3 Å². The average Bonchev–Trinajstić information content (AvgIpc) is 2.31. The highest BCUT2D eigenvalue weighted by atomic mass is 16.5. The molecule has 4 heteroatoms. The maximum Gasteiger partial charge on any atom is 0.0933 e. The minimum absolute atomic E-state index is 0.00589. The third-order valence-electron chi connectivity index (χ3n) is 3.19. The number of rotatable bonds is 7. The third-order valence-corrected chi connectivity index (χ3v) is 3.19. The largest absolute Gasteiger partial charge is 0.396 e. The Bertz CT molecular complexity index is 178. The molecule has 1 aliphatic heterocycles. The van der Waals surface area contributed by atoms with E-state index in [1.807, 2.05) is 0 Å². The van der Waals surface area contributed by atoms with Crippen molar-refractivity contribution in [3.63, 3.8) is 0 Å². The third kappa shape index (κ3) is 4.78. The molecule has 0 bridgehead atoms. The Kier molecular flexibility index (Phi) is 6.96. The molecule has 1 aliphatic rings. The summed E-state index contributed by atoms with van der Waals surface area (Å²) in [5.41, 5.74) is 0. The van der Waals surface area contributed by atoms with Crippen LogP contribution < -0.4 is 0 Å². The van der Waals surface area contributed by atoms with Crippen molar-refractivity contribution < 1.29 is 14.9 Å². The molecular weight excluding hydrogens is 206 g/mol. The topological polar surface area (TPSA) is 52.9 Å². The van der Waals surface area contributed by atoms with Gasteiger partial charge < -0.3 is 14.9 Å². The van der Waals surface area contributed by atoms with Crippen LogP contribution in [0.1, 0.15) is 32.6 Å². The van der Waals surface area contributed by atoms with Gasteiger partial charge in [-0.2, -0.15) is 0 Å². The number of aliphatic hydroxyl groups is 2. The zero-order chi connectivity index (χ0) is 11.8. The van der Waals surface area contributed by atoms with Crippen molar-refractivity contribution in [3.05, 3.63) is 0 Å². The lowest BCUT2D eigenvalue weighted by Crippen LogP contribution is -2.49. The number of nitrogens with zero attached hydrogens (tertiary/aromatic N) is 1. The number of hydrogen-bond acceptors (Lipinski definition) is 4. The lowest BCUT2D eigenvalue weighted by molar-refractivity contribution is -0.0779. The summed E-state index contributed by atoms with van der Waals surface area (Å²) in [4.78, 5) is 2.39. The van der Waals surface area contributed by atoms with Gasteiger partial charge in [0.05, 0.1) is 19.3 Å². The van der Waals surface area contributed by atoms with Crippen LogP contribution in [0.2, 0.25) is 0 Å². The van der Waals surface area contributed by atoms with Crippen molar-refractivity contribution in [1.82, 2.24) is 4.90 Å². The summed E-state index contributed by atoms with van der Waals surface area (Å²) in [6.45, 7) is 5.24. The fourth-order valence-electron chi connectivity index (χ4n) is 2.08. The van der Waals surface area contributed by atoms with Crippen LogP contribution in [0.25, 0.3) is 0 Å². The molecule has 2 unspecified atom stereocenters. The lowest BCUT2D eigenvalue weighted by atomic mass is 10.1. The second-order valence-corrected chi connectivity index (χ2v) is 4.62. The molecule has 0 aromatic heterocycles. The number of aliphatic hydroxyl groups excluding tert-OH is 2. The van der Waals surface area contributed by atoms with E-state index in [9.17, 15) is 0 Å². The van der Waals surface area contributed by atoms with Crippen LogP contribution in [-0.4, -0.2) is 60.2 Å². The van der Waals surface area contributed by atoms with Crippen molar-refractivity contribution in [1.29, 1.82) is 0 Å². The molecule has 16 heavy (non-hydrogen) atoms. The predicted octanol–water partition coefficient (Wildman–Crippen LogP) is 0.621. The highest BCUT2D eigenvalue weighted by Gasteiger charge is 2.24. The van der Waals surface area contributed by atoms with E-state index in [-0.39, 0.29) is 12.7 Å². The molecule has 1 fully saturated rings. The molecule has 2 N–H and O–H groups in total. The van der Waals surface area contributed by atoms with Gasteiger partial charge in [0.25, 0.3) is 0 Å². The van der Waals surface area contributed by atoms with E-state index in [1.165, 1.54) is 12.8 Å². The van der Waals surface area contributed by atoms with Crippen LogP contribution >= 0.6 is 0 Å². The second kappa shape index (κ2) is 8.01. The maximum atomic E-state index is 9.06. The zero-order valence-corrected chi connectivity index (χ0v) is 10.3. The Labute approximate surface area is 98.2 Å². The highest BCUT2D eigenvalue weighted by Crippen LogP contribution is 2.13. The van der Waals surface area contributed by atoms with Crippen LogP contribution in [0, 0.1) is 0 Å². The van der Waals surface area contributed by atoms with Gasteiger partial charge in [-0.25, -0.2) is 0 Å². The molecule has 96 valence electrons. The van der Waals surface area contributed by atoms with E-state index in [1.54, 1.807) is 0 Å². The van der Waals surface area contributed by atoms with Crippen LogP contribution in [0.3, 0.4) is 0 Å². The normalized spacial score (nSPS) is 27.2. The first-order valence-electron chi connectivity index (χ1n) is 6.35. The highest BCUT2D eigenvalue weighted by molar-refractivity contribution is 4.76. The summed E-state index contributed by atoms with van der Waals surface area (Å²) in [5.74, 6) is 0. The Morgan fingerprint density at radius 2 is 1.94 bits per heavy atom. The van der Waals surface area contributed by atoms with Gasteiger partial charge in [-0.15, -0.1) is 0 Å². The molecule has 1 saturated heterocycles. The summed E-state index contributed by atoms with van der Waals surface area (Å²) < 4.78 is 5.49. The predicted molar refractivity (Wildman–Crippen MR) is 63.4 cm³/mol. The fraction of sp³-hybridized carbons (Fsp3) is 1.00. The Balaban J connectivity index is 2.13. The zero-order valence-electron chi connectivity index (χ0n) is 10.3. The molecular formula is C12H25NO3. The summed E-state index contributed by atoms with van der Waals surface area (Å²) in [6.07, 6.45) is 4.36. The van der Waals surface area contributed by atoms with Gasteiger partial charge in [0.15, 0.2) is 0 Å². The molecule has 0 saturated carbocycles. The van der Waals surface area contributed by atoms with Crippen molar-refractivity contribution in [2.24, 2.45) is 0 Å². The lowest BCUT2D eigenvalue weighted by Gasteiger charge is -2.37. The summed E-state index contributed by atoms with van der Waals surface area (Å²) >= 11 is 0. The first kappa shape index (κ1) is 13.9. The molecule has 1 rings (SSSR count). The molecule has 2 atom stereocenters. The van der Waals surface area contributed by atoms with Gasteiger partial charge in [-0.1, -0.05) is 12.8 Å². The van der Waals surface area contributed by atoms with Crippen LogP contribution in [0.5, 0.6) is 0 Å². The molecule has 0 aromatic carbocycles. The molecule has 0 spiro atoms. The van der Waals surface area contributed by atoms with Crippen LogP contribution in [-0.2, 0) is 4.74 Å².